The first-order chi connectivity index (χ1) is 11.7. The number of aromatic nitrogens is 1. The number of amides is 1. The van der Waals surface area contributed by atoms with Crippen molar-refractivity contribution in [1.82, 2.24) is 9.88 Å². The molecule has 0 aliphatic carbocycles. The maximum Gasteiger partial charge on any atom is 0.243 e. The van der Waals surface area contributed by atoms with Crippen molar-refractivity contribution in [1.29, 1.82) is 0 Å². The van der Waals surface area contributed by atoms with Gasteiger partial charge in [0.2, 0.25) is 15.9 Å². The highest BCUT2D eigenvalue weighted by atomic mass is 35.5. The highest BCUT2D eigenvalue weighted by Crippen LogP contribution is 2.17. The SMILES string of the molecule is Cc1cc(NC(=O)[C@H](CC(C)C)NS(=O)(=O)c2ccc(Cl)cc2)no1. The van der Waals surface area contributed by atoms with Crippen LogP contribution in [0.5, 0.6) is 0 Å². The Bertz CT molecular complexity index is 831. The van der Waals surface area contributed by atoms with Crippen molar-refractivity contribution in [2.45, 2.75) is 38.1 Å². The Morgan fingerprint density at radius 1 is 1.28 bits per heavy atom. The number of hydrogen-bond acceptors (Lipinski definition) is 5. The summed E-state index contributed by atoms with van der Waals surface area (Å²) in [5.41, 5.74) is 0. The molecule has 0 aliphatic rings. The maximum absolute atomic E-state index is 12.5. The number of carbonyl (C=O) groups excluding carboxylic acids is 1. The molecular formula is C16H20ClN3O4S. The first-order valence-corrected chi connectivity index (χ1v) is 9.55. The molecule has 1 heterocycles. The molecule has 0 unspecified atom stereocenters. The Kier molecular flexibility index (Phi) is 6.21. The van der Waals surface area contributed by atoms with Crippen molar-refractivity contribution in [2.75, 3.05) is 5.32 Å². The fraction of sp³-hybridized carbons (Fsp3) is 0.375. The molecule has 2 aromatic rings. The van der Waals surface area contributed by atoms with Gasteiger partial charge in [-0.15, -0.1) is 0 Å². The molecule has 0 bridgehead atoms. The summed E-state index contributed by atoms with van der Waals surface area (Å²) in [4.78, 5) is 12.5. The molecule has 2 N–H and O–H groups in total. The quantitative estimate of drug-likeness (QED) is 0.762. The minimum atomic E-state index is -3.87. The number of benzene rings is 1. The van der Waals surface area contributed by atoms with Gasteiger partial charge in [0.05, 0.1) is 4.90 Å². The number of nitrogens with zero attached hydrogens (tertiary/aromatic N) is 1. The number of carbonyl (C=O) groups is 1. The van der Waals surface area contributed by atoms with Crippen LogP contribution in [0, 0.1) is 12.8 Å². The molecule has 0 radical (unpaired) electrons. The van der Waals surface area contributed by atoms with Crippen molar-refractivity contribution < 1.29 is 17.7 Å². The van der Waals surface area contributed by atoms with Crippen LogP contribution < -0.4 is 10.0 Å². The van der Waals surface area contributed by atoms with E-state index < -0.39 is 22.0 Å². The highest BCUT2D eigenvalue weighted by Gasteiger charge is 2.27. The van der Waals surface area contributed by atoms with Crippen LogP contribution in [0.4, 0.5) is 5.82 Å². The van der Waals surface area contributed by atoms with Gasteiger partial charge in [-0.1, -0.05) is 30.6 Å². The zero-order chi connectivity index (χ0) is 18.6. The molecule has 136 valence electrons. The summed E-state index contributed by atoms with van der Waals surface area (Å²) in [6, 6.07) is 6.33. The number of nitrogens with one attached hydrogen (secondary N) is 2. The van der Waals surface area contributed by atoms with E-state index in [0.717, 1.165) is 0 Å². The minimum Gasteiger partial charge on any atom is -0.360 e. The summed E-state index contributed by atoms with van der Waals surface area (Å²) in [5.74, 6) is 0.377. The van der Waals surface area contributed by atoms with Crippen LogP contribution in [0.2, 0.25) is 5.02 Å². The van der Waals surface area contributed by atoms with Crippen LogP contribution >= 0.6 is 11.6 Å². The first kappa shape index (κ1) is 19.4. The number of hydrogen-bond donors (Lipinski definition) is 2. The number of rotatable bonds is 7. The normalized spacial score (nSPS) is 13.0. The Balaban J connectivity index is 2.18. The minimum absolute atomic E-state index is 0.0377. The summed E-state index contributed by atoms with van der Waals surface area (Å²) < 4.78 is 32.4. The summed E-state index contributed by atoms with van der Waals surface area (Å²) in [7, 11) is -3.87. The number of anilines is 1. The number of sulfonamides is 1. The van der Waals surface area contributed by atoms with Crippen molar-refractivity contribution in [3.8, 4) is 0 Å². The number of halogens is 1. The van der Waals surface area contributed by atoms with Crippen molar-refractivity contribution in [3.63, 3.8) is 0 Å². The molecule has 7 nitrogen and oxygen atoms in total. The van der Waals surface area contributed by atoms with Crippen molar-refractivity contribution >= 4 is 33.3 Å². The van der Waals surface area contributed by atoms with Gasteiger partial charge in [0.25, 0.3) is 0 Å². The van der Waals surface area contributed by atoms with Crippen LogP contribution in [-0.4, -0.2) is 25.5 Å². The van der Waals surface area contributed by atoms with Gasteiger partial charge in [0.15, 0.2) is 5.82 Å². The van der Waals surface area contributed by atoms with Crippen LogP contribution in [0.15, 0.2) is 39.8 Å². The zero-order valence-electron chi connectivity index (χ0n) is 14.1. The van der Waals surface area contributed by atoms with E-state index in [9.17, 15) is 13.2 Å². The van der Waals surface area contributed by atoms with Gasteiger partial charge in [0, 0.05) is 11.1 Å². The lowest BCUT2D eigenvalue weighted by Crippen LogP contribution is -2.44. The van der Waals surface area contributed by atoms with Crippen LogP contribution in [0.25, 0.3) is 0 Å². The molecule has 0 saturated heterocycles. The second kappa shape index (κ2) is 7.99. The largest absolute Gasteiger partial charge is 0.360 e. The standard InChI is InChI=1S/C16H20ClN3O4S/c1-10(2)8-14(16(21)18-15-9-11(3)24-19-15)20-25(22,23)13-6-4-12(17)5-7-13/h4-7,9-10,14,20H,8H2,1-3H3,(H,18,19,21)/t14-/m0/s1. The van der Waals surface area contributed by atoms with E-state index in [1.165, 1.54) is 24.3 Å². The second-order valence-electron chi connectivity index (χ2n) is 6.07. The van der Waals surface area contributed by atoms with E-state index in [2.05, 4.69) is 15.2 Å². The Hall–Kier alpha value is -1.90. The molecule has 0 spiro atoms. The monoisotopic (exact) mass is 385 g/mol. The predicted octanol–water partition coefficient (Wildman–Crippen LogP) is 2.97. The van der Waals surface area contributed by atoms with E-state index in [1.807, 2.05) is 13.8 Å². The summed E-state index contributed by atoms with van der Waals surface area (Å²) in [5, 5.41) is 6.67. The average Bonchev–Trinajstić information content (AvgIpc) is 2.91. The molecular weight excluding hydrogens is 366 g/mol. The maximum atomic E-state index is 12.5. The zero-order valence-corrected chi connectivity index (χ0v) is 15.7. The van der Waals surface area contributed by atoms with E-state index in [1.54, 1.807) is 13.0 Å². The smallest absolute Gasteiger partial charge is 0.243 e. The van der Waals surface area contributed by atoms with Gasteiger partial charge in [-0.2, -0.15) is 4.72 Å². The molecule has 9 heteroatoms. The van der Waals surface area contributed by atoms with Gasteiger partial charge < -0.3 is 9.84 Å². The molecule has 2 rings (SSSR count). The molecule has 0 aliphatic heterocycles. The fourth-order valence-electron chi connectivity index (χ4n) is 2.19. The summed E-state index contributed by atoms with van der Waals surface area (Å²) in [6.45, 7) is 5.49. The van der Waals surface area contributed by atoms with E-state index in [0.29, 0.717) is 17.2 Å². The van der Waals surface area contributed by atoms with E-state index >= 15 is 0 Å². The lowest BCUT2D eigenvalue weighted by atomic mass is 10.0. The predicted molar refractivity (Wildman–Crippen MR) is 94.9 cm³/mol. The first-order valence-electron chi connectivity index (χ1n) is 7.69. The van der Waals surface area contributed by atoms with Crippen LogP contribution in [-0.2, 0) is 14.8 Å². The molecule has 0 saturated carbocycles. The summed E-state index contributed by atoms with van der Waals surface area (Å²) >= 11 is 5.78. The van der Waals surface area contributed by atoms with Crippen molar-refractivity contribution in [2.24, 2.45) is 5.92 Å². The van der Waals surface area contributed by atoms with Crippen molar-refractivity contribution in [3.05, 3.63) is 41.1 Å². The Morgan fingerprint density at radius 3 is 2.44 bits per heavy atom. The van der Waals surface area contributed by atoms with Gasteiger partial charge >= 0.3 is 0 Å². The topological polar surface area (TPSA) is 101 Å². The third-order valence-corrected chi connectivity index (χ3v) is 5.06. The second-order valence-corrected chi connectivity index (χ2v) is 8.22. The molecule has 1 atom stereocenters. The lowest BCUT2D eigenvalue weighted by Gasteiger charge is -2.19. The third-order valence-electron chi connectivity index (χ3n) is 3.32. The molecule has 1 aromatic carbocycles. The Morgan fingerprint density at radius 2 is 1.92 bits per heavy atom. The fourth-order valence-corrected chi connectivity index (χ4v) is 3.52. The molecule has 1 aromatic heterocycles. The molecule has 1 amide bonds. The van der Waals surface area contributed by atoms with Crippen LogP contribution in [0.1, 0.15) is 26.0 Å². The highest BCUT2D eigenvalue weighted by molar-refractivity contribution is 7.89. The third kappa shape index (κ3) is 5.55. The number of aryl methyl sites for hydroxylation is 1. The Labute approximate surface area is 151 Å². The van der Waals surface area contributed by atoms with Gasteiger partial charge in [-0.3, -0.25) is 4.79 Å². The summed E-state index contributed by atoms with van der Waals surface area (Å²) in [6.07, 6.45) is 0.329. The molecule has 0 fully saturated rings. The van der Waals surface area contributed by atoms with Gasteiger partial charge in [0.1, 0.15) is 11.8 Å². The van der Waals surface area contributed by atoms with E-state index in [4.69, 9.17) is 16.1 Å². The average molecular weight is 386 g/mol. The van der Waals surface area contributed by atoms with E-state index in [-0.39, 0.29) is 16.6 Å². The van der Waals surface area contributed by atoms with Crippen LogP contribution in [0.3, 0.4) is 0 Å². The lowest BCUT2D eigenvalue weighted by molar-refractivity contribution is -0.118. The molecule has 25 heavy (non-hydrogen) atoms. The van der Waals surface area contributed by atoms with Gasteiger partial charge in [-0.25, -0.2) is 8.42 Å². The van der Waals surface area contributed by atoms with Gasteiger partial charge in [-0.05, 0) is 43.5 Å².